The Hall–Kier alpha value is -2.51. The van der Waals surface area contributed by atoms with E-state index in [-0.39, 0.29) is 17.4 Å². The number of carboxylic acid groups (broad SMARTS) is 1. The number of thioether (sulfide) groups is 1. The molecule has 0 aromatic carbocycles. The molecular weight excluding hydrogens is 542 g/mol. The highest BCUT2D eigenvalue weighted by Gasteiger charge is 2.63. The number of aliphatic hydroxyl groups is 1. The number of carboxylic acids is 1. The average Bonchev–Trinajstić information content (AvgIpc) is 3.21. The highest BCUT2D eigenvalue weighted by atomic mass is 32.2. The van der Waals surface area contributed by atoms with Crippen molar-refractivity contribution in [1.82, 2.24) is 10.6 Å². The summed E-state index contributed by atoms with van der Waals surface area (Å²) in [6.07, 6.45) is 17.6. The second-order valence-corrected chi connectivity index (χ2v) is 13.8. The zero-order valence-electron chi connectivity index (χ0n) is 24.7. The number of hydrogen-bond acceptors (Lipinski definition) is 7. The van der Waals surface area contributed by atoms with Gasteiger partial charge in [-0.1, -0.05) is 30.5 Å². The van der Waals surface area contributed by atoms with Gasteiger partial charge in [-0.25, -0.2) is 4.79 Å². The van der Waals surface area contributed by atoms with Gasteiger partial charge >= 0.3 is 5.97 Å². The van der Waals surface area contributed by atoms with Crippen molar-refractivity contribution >= 4 is 35.3 Å². The number of carbonyl (C=O) groups is 3. The summed E-state index contributed by atoms with van der Waals surface area (Å²) in [4.78, 5) is 41.5. The zero-order chi connectivity index (χ0) is 30.0. The molecule has 0 spiro atoms. The molecule has 0 unspecified atom stereocenters. The molecule has 0 aromatic rings. The van der Waals surface area contributed by atoms with E-state index in [0.29, 0.717) is 36.3 Å². The molecule has 4 N–H and O–H groups in total. The molecule has 0 bridgehead atoms. The standard InChI is InChI=1S/C31H45N3O6S/c1-6-31(39)15-11-24-22-8-7-20-17-21(9-13-29(20,3)23(22)10-14-30(24,31)4)34-40-18-26(35)32-19(2)27(36)33-25(28(37)38)12-16-41-5/h1,17,19,22-25,39H,7-16,18H2,2-5H3,(H,32,35)(H,33,36)(H,37,38)/t19-,22-,23-,24-,25+,29+,30+,31+/m1/s1. The largest absolute Gasteiger partial charge is 0.480 e. The Morgan fingerprint density at radius 2 is 1.90 bits per heavy atom. The van der Waals surface area contributed by atoms with Crippen LogP contribution in [0.2, 0.25) is 0 Å². The number of oxime groups is 1. The number of rotatable bonds is 10. The number of amides is 2. The van der Waals surface area contributed by atoms with Crippen LogP contribution in [0.5, 0.6) is 0 Å². The summed E-state index contributed by atoms with van der Waals surface area (Å²) in [5.74, 6) is 2.75. The molecule has 3 fully saturated rings. The van der Waals surface area contributed by atoms with Crippen molar-refractivity contribution in [2.24, 2.45) is 33.7 Å². The van der Waals surface area contributed by atoms with Gasteiger partial charge in [0.25, 0.3) is 5.91 Å². The summed E-state index contributed by atoms with van der Waals surface area (Å²) in [6, 6.07) is -1.91. The van der Waals surface area contributed by atoms with Crippen LogP contribution >= 0.6 is 11.8 Å². The summed E-state index contributed by atoms with van der Waals surface area (Å²) in [7, 11) is 0. The minimum atomic E-state index is -1.10. The van der Waals surface area contributed by atoms with Gasteiger partial charge in [0.2, 0.25) is 5.91 Å². The molecule has 3 saturated carbocycles. The SMILES string of the molecule is C#C[C@]1(O)CC[C@@H]2[C@@H]3CCC4=CC(=NOCC(=O)N[C@H](C)C(=O)N[C@@H](CCSC)C(=O)O)CC[C@]4(C)[C@@H]3CC[C@@]21C. The van der Waals surface area contributed by atoms with Crippen LogP contribution in [0.3, 0.4) is 0 Å². The molecule has 41 heavy (non-hydrogen) atoms. The lowest BCUT2D eigenvalue weighted by Crippen LogP contribution is -2.54. The van der Waals surface area contributed by atoms with E-state index in [4.69, 9.17) is 11.3 Å². The van der Waals surface area contributed by atoms with Crippen LogP contribution in [0.15, 0.2) is 16.8 Å². The molecular formula is C31H45N3O6S. The van der Waals surface area contributed by atoms with Crippen LogP contribution in [0.1, 0.15) is 78.6 Å². The van der Waals surface area contributed by atoms with Crippen molar-refractivity contribution in [2.75, 3.05) is 18.6 Å². The van der Waals surface area contributed by atoms with Crippen LogP contribution in [0.4, 0.5) is 0 Å². The van der Waals surface area contributed by atoms with Crippen molar-refractivity contribution in [3.63, 3.8) is 0 Å². The maximum absolute atomic E-state index is 12.4. The minimum Gasteiger partial charge on any atom is -0.480 e. The zero-order valence-corrected chi connectivity index (χ0v) is 25.5. The first kappa shape index (κ1) is 31.4. The molecule has 9 nitrogen and oxygen atoms in total. The molecule has 8 atom stereocenters. The fourth-order valence-electron chi connectivity index (χ4n) is 8.21. The third-order valence-electron chi connectivity index (χ3n) is 10.7. The number of terminal acetylenes is 1. The van der Waals surface area contributed by atoms with Gasteiger partial charge in [-0.15, -0.1) is 6.42 Å². The maximum Gasteiger partial charge on any atom is 0.326 e. The number of aliphatic carboxylic acids is 1. The van der Waals surface area contributed by atoms with Gasteiger partial charge in [0.15, 0.2) is 6.61 Å². The van der Waals surface area contributed by atoms with Gasteiger partial charge in [0, 0.05) is 5.41 Å². The van der Waals surface area contributed by atoms with Gasteiger partial charge in [0.1, 0.15) is 17.7 Å². The van der Waals surface area contributed by atoms with E-state index in [1.807, 2.05) is 6.26 Å². The minimum absolute atomic E-state index is 0.0872. The Labute approximate surface area is 247 Å². The van der Waals surface area contributed by atoms with Crippen LogP contribution in [0, 0.1) is 40.9 Å². The van der Waals surface area contributed by atoms with E-state index in [1.54, 1.807) is 0 Å². The fraction of sp³-hybridized carbons (Fsp3) is 0.742. The molecule has 0 aliphatic heterocycles. The number of nitrogens with one attached hydrogen (secondary N) is 2. The first-order valence-electron chi connectivity index (χ1n) is 14.8. The average molecular weight is 588 g/mol. The van der Waals surface area contributed by atoms with Crippen LogP contribution < -0.4 is 10.6 Å². The maximum atomic E-state index is 12.4. The lowest BCUT2D eigenvalue weighted by Gasteiger charge is -2.58. The Morgan fingerprint density at radius 3 is 2.59 bits per heavy atom. The summed E-state index contributed by atoms with van der Waals surface area (Å²) in [5.41, 5.74) is 1.09. The molecule has 0 aromatic heterocycles. The van der Waals surface area contributed by atoms with Crippen molar-refractivity contribution in [3.05, 3.63) is 11.6 Å². The lowest BCUT2D eigenvalue weighted by atomic mass is 9.46. The molecule has 0 heterocycles. The number of fused-ring (bicyclic) bond motifs is 5. The third-order valence-corrected chi connectivity index (χ3v) is 11.4. The van der Waals surface area contributed by atoms with Gasteiger partial charge in [0.05, 0.1) is 5.71 Å². The van der Waals surface area contributed by atoms with Crippen LogP contribution in [-0.2, 0) is 19.2 Å². The Morgan fingerprint density at radius 1 is 1.17 bits per heavy atom. The smallest absolute Gasteiger partial charge is 0.326 e. The molecule has 4 aliphatic rings. The fourth-order valence-corrected chi connectivity index (χ4v) is 8.68. The Kier molecular flexibility index (Phi) is 9.49. The quantitative estimate of drug-likeness (QED) is 0.227. The molecule has 2 amide bonds. The van der Waals surface area contributed by atoms with Gasteiger partial charge in [-0.3, -0.25) is 9.59 Å². The molecule has 10 heteroatoms. The molecule has 4 aliphatic carbocycles. The number of nitrogens with zero attached hydrogens (tertiary/aromatic N) is 1. The van der Waals surface area contributed by atoms with E-state index >= 15 is 0 Å². The topological polar surface area (TPSA) is 137 Å². The highest BCUT2D eigenvalue weighted by molar-refractivity contribution is 7.98. The predicted octanol–water partition coefficient (Wildman–Crippen LogP) is 3.51. The highest BCUT2D eigenvalue weighted by Crippen LogP contribution is 2.67. The van der Waals surface area contributed by atoms with Crippen molar-refractivity contribution in [3.8, 4) is 12.3 Å². The summed E-state index contributed by atoms with van der Waals surface area (Å²) >= 11 is 1.50. The summed E-state index contributed by atoms with van der Waals surface area (Å²) in [6.45, 7) is 5.76. The van der Waals surface area contributed by atoms with E-state index < -0.39 is 35.5 Å². The Balaban J connectivity index is 1.31. The van der Waals surface area contributed by atoms with Gasteiger partial charge < -0.3 is 25.7 Å². The van der Waals surface area contributed by atoms with Gasteiger partial charge in [-0.2, -0.15) is 11.8 Å². The van der Waals surface area contributed by atoms with E-state index in [0.717, 1.165) is 50.7 Å². The van der Waals surface area contributed by atoms with Crippen molar-refractivity contribution in [2.45, 2.75) is 96.2 Å². The molecule has 0 saturated heterocycles. The second-order valence-electron chi connectivity index (χ2n) is 12.8. The van der Waals surface area contributed by atoms with E-state index in [9.17, 15) is 24.6 Å². The second kappa shape index (κ2) is 12.4. The van der Waals surface area contributed by atoms with E-state index in [2.05, 4.69) is 41.6 Å². The summed E-state index contributed by atoms with van der Waals surface area (Å²) in [5, 5.41) is 29.8. The molecule has 0 radical (unpaired) electrons. The first-order valence-corrected chi connectivity index (χ1v) is 16.2. The third kappa shape index (κ3) is 6.03. The van der Waals surface area contributed by atoms with E-state index in [1.165, 1.54) is 24.3 Å². The molecule has 4 rings (SSSR count). The van der Waals surface area contributed by atoms with Crippen LogP contribution in [-0.4, -0.2) is 70.0 Å². The number of allylic oxidation sites excluding steroid dienone is 2. The first-order chi connectivity index (χ1) is 19.4. The predicted molar refractivity (Wildman–Crippen MR) is 159 cm³/mol. The van der Waals surface area contributed by atoms with Crippen molar-refractivity contribution in [1.29, 1.82) is 0 Å². The normalized spacial score (nSPS) is 36.4. The van der Waals surface area contributed by atoms with Crippen LogP contribution in [0.25, 0.3) is 0 Å². The van der Waals surface area contributed by atoms with Gasteiger partial charge in [-0.05, 0) is 106 Å². The number of hydrogen-bond donors (Lipinski definition) is 4. The van der Waals surface area contributed by atoms with Crippen molar-refractivity contribution < 1.29 is 29.4 Å². The monoisotopic (exact) mass is 587 g/mol. The summed E-state index contributed by atoms with van der Waals surface area (Å²) < 4.78 is 0. The lowest BCUT2D eigenvalue weighted by molar-refractivity contribution is -0.142. The number of carbonyl (C=O) groups excluding carboxylic acids is 2. The Bertz CT molecular complexity index is 1150. The molecule has 226 valence electrons.